The van der Waals surface area contributed by atoms with E-state index in [1.54, 1.807) is 115 Å². The second-order valence-electron chi connectivity index (χ2n) is 26.0. The minimum absolute atomic E-state index is 0. The van der Waals surface area contributed by atoms with E-state index in [9.17, 15) is 29.1 Å². The van der Waals surface area contributed by atoms with Gasteiger partial charge in [-0.2, -0.15) is 5.48 Å². The third kappa shape index (κ3) is 37.6. The molecule has 8 N–H and O–H groups in total. The second kappa shape index (κ2) is 58.7. The van der Waals surface area contributed by atoms with Crippen LogP contribution < -0.4 is 51.0 Å². The minimum Gasteiger partial charge on any atom is 0 e. The Kier molecular flexibility index (Phi) is 50.1. The summed E-state index contributed by atoms with van der Waals surface area (Å²) in [7, 11) is 8.54. The van der Waals surface area contributed by atoms with Crippen molar-refractivity contribution in [2.75, 3.05) is 66.8 Å². The molecule has 4 aromatic heterocycles. The maximum absolute atomic E-state index is 13.0. The van der Waals surface area contributed by atoms with Crippen LogP contribution in [0.5, 0.6) is 23.0 Å². The number of nitrogens with two attached hydrogens (primary N) is 1. The van der Waals surface area contributed by atoms with Crippen LogP contribution in [0.25, 0.3) is 0 Å². The summed E-state index contributed by atoms with van der Waals surface area (Å²) < 4.78 is 20.5. The number of halogens is 6. The monoisotopic (exact) mass is 2020 g/mol. The maximum atomic E-state index is 13.0. The number of hydroxylamine groups is 1. The number of aryl methyl sites for hydroxylation is 5. The van der Waals surface area contributed by atoms with Crippen molar-refractivity contribution in [1.82, 2.24) is 61.3 Å². The topological polar surface area (TPSA) is 390 Å². The fourth-order valence-electron chi connectivity index (χ4n) is 11.6. The number of aliphatic hydroxyl groups is 2. The van der Waals surface area contributed by atoms with Crippen molar-refractivity contribution in [2.24, 2.45) is 20.7 Å². The molecule has 638 valence electrons. The van der Waals surface area contributed by atoms with Crippen molar-refractivity contribution in [3.63, 3.8) is 0 Å². The number of nitrogens with zero attached hydrogens (tertiary/aromatic N) is 12. The quantitative estimate of drug-likeness (QED) is 0.0195. The van der Waals surface area contributed by atoms with E-state index in [-0.39, 0.29) is 86.7 Å². The number of anilines is 1. The molecule has 5 aliphatic heterocycles. The molecule has 8 aromatic rings. The number of hydrogen-bond acceptors (Lipinski definition) is 24. The first-order chi connectivity index (χ1) is 57.7. The van der Waals surface area contributed by atoms with Gasteiger partial charge in [-0.25, -0.2) is 54.8 Å². The Balaban J connectivity index is 0.000000266. The van der Waals surface area contributed by atoms with Crippen LogP contribution in [0.4, 0.5) is 5.95 Å². The number of hydrogen-bond donors (Lipinski definition) is 7. The van der Waals surface area contributed by atoms with Crippen LogP contribution in [-0.4, -0.2) is 172 Å². The average molecular weight is 2020 g/mol. The molecule has 37 heteroatoms. The summed E-state index contributed by atoms with van der Waals surface area (Å²) >= 11 is 29.1. The van der Waals surface area contributed by atoms with E-state index in [2.05, 4.69) is 123 Å². The largest absolute Gasteiger partial charge is 0 e. The van der Waals surface area contributed by atoms with Crippen molar-refractivity contribution in [1.29, 1.82) is 0 Å². The molecule has 0 aliphatic carbocycles. The Morgan fingerprint density at radius 3 is 1.48 bits per heavy atom. The maximum Gasteiger partial charge on any atom is 0 e. The van der Waals surface area contributed by atoms with Gasteiger partial charge in [0.2, 0.25) is 17.8 Å². The number of aromatic nitrogens is 8. The summed E-state index contributed by atoms with van der Waals surface area (Å²) in [6.07, 6.45) is 29.4. The summed E-state index contributed by atoms with van der Waals surface area (Å²) in [5.74, 6) is 3.84. The SMILES string of the molecule is CCc1ccc(OC)c(Cl)c1.CONCc1ncccn1.COc1ccc(CCC2=C(C(=O)NCc3ncccn3)C=NC(=O)C2)cc1Cl.COc1ccc(CCC2=CC=NC(=O)C2)cc1Cl.COc1ccc(CCc2nc(N3CCC[C@H]3CO)ncc2C(=O)NCc2ncccn2)cc1Cl.NC1=CC=NC(=O)C1.OC[C@@H]1CCCN1.[I][V][I].[V]. The van der Waals surface area contributed by atoms with Gasteiger partial charge in [0.25, 0.3) is 17.7 Å². The van der Waals surface area contributed by atoms with Crippen LogP contribution in [0, 0.1) is 0 Å². The van der Waals surface area contributed by atoms with Gasteiger partial charge in [-0.3, -0.25) is 24.0 Å². The molecule has 0 bridgehead atoms. The third-order valence-electron chi connectivity index (χ3n) is 17.8. The number of benzene rings is 4. The smallest absolute Gasteiger partial charge is 0 e. The average Bonchev–Trinajstić information content (AvgIpc) is 1.37. The molecule has 4 aromatic carbocycles. The number of carbonyl (C=O) groups excluding carboxylic acids is 5. The predicted octanol–water partition coefficient (Wildman–Crippen LogP) is 12.9. The van der Waals surface area contributed by atoms with Crippen LogP contribution in [-0.2, 0) is 104 Å². The van der Waals surface area contributed by atoms with Gasteiger partial charge >= 0.3 is 49.4 Å². The molecule has 0 unspecified atom stereocenters. The van der Waals surface area contributed by atoms with Gasteiger partial charge in [0.1, 0.15) is 40.5 Å². The molecule has 2 saturated heterocycles. The number of amides is 5. The van der Waals surface area contributed by atoms with Crippen LogP contribution >= 0.6 is 86.4 Å². The second-order valence-corrected chi connectivity index (χ2v) is 39.4. The van der Waals surface area contributed by atoms with Crippen LogP contribution in [0.2, 0.25) is 20.1 Å². The first kappa shape index (κ1) is 102. The van der Waals surface area contributed by atoms with Gasteiger partial charge < -0.3 is 60.6 Å². The van der Waals surface area contributed by atoms with Crippen molar-refractivity contribution < 1.29 is 86.0 Å². The molecule has 0 spiro atoms. The number of rotatable bonds is 26. The van der Waals surface area contributed by atoms with Crippen LogP contribution in [0.15, 0.2) is 184 Å². The number of allylic oxidation sites excluding steroid dienone is 2. The molecule has 2 fully saturated rings. The molecule has 120 heavy (non-hydrogen) atoms. The molecule has 2 atom stereocenters. The summed E-state index contributed by atoms with van der Waals surface area (Å²) in [5, 5.41) is 29.4. The fourth-order valence-corrected chi connectivity index (χ4v) is 12.7. The molecule has 9 heterocycles. The number of methoxy groups -OCH3 is 4. The Morgan fingerprint density at radius 2 is 1.04 bits per heavy atom. The zero-order valence-electron chi connectivity index (χ0n) is 67.2. The molecule has 29 nitrogen and oxygen atoms in total. The van der Waals surface area contributed by atoms with Crippen molar-refractivity contribution in [3.8, 4) is 23.0 Å². The number of aliphatic imine (C=N–C) groups is 3. The molecule has 0 saturated carbocycles. The summed E-state index contributed by atoms with van der Waals surface area (Å²) in [6, 6.07) is 28.4. The van der Waals surface area contributed by atoms with Crippen molar-refractivity contribution >= 4 is 140 Å². The first-order valence-corrected chi connectivity index (χ1v) is 48.2. The van der Waals surface area contributed by atoms with E-state index in [0.717, 1.165) is 91.0 Å². The first-order valence-electron chi connectivity index (χ1n) is 37.6. The van der Waals surface area contributed by atoms with E-state index in [1.165, 1.54) is 24.4 Å². The number of nitrogens with one attached hydrogen (secondary N) is 4. The standard InChI is InChI=1S/C24H27ClN6O3.C20H19ClN4O3.C14H14ClNO2.C9H11ClO.C6H9N3O.C5H6N2O.C5H11NO.2HI.2V/c1-34-21-8-6-16(12-19(21)25)5-7-20-18(23(33)28-14-22-26-9-3-10-27-22)13-29-24(30-20)31-11-2-4-17(31)15-32;1-28-17-6-4-13(9-16(17)21)3-5-14-10-19(26)24-11-15(14)20(27)25-12-18-22-7-2-8-23-18;1-18-13-5-4-10(8-12(13)15)2-3-11-6-7-16-14(17)9-11;1-3-7-4-5-9(11-2)8(10)6-7;1-10-9-5-6-7-3-2-4-8-6;6-4-1-2-7-5(8)3-4;7-4-5-2-1-3-6-5;;;;/h3,6,8-10,12-13,17,32H,2,4-5,7,11,14-15H2,1H3,(H,28,33);2,4,6-9,11H,3,5,10,12H2,1H3,(H,25,27);4-8H,2-3,9H2,1H3;4-6H,3H2,1-2H3;2-4,9H,5H2,1H3;1-2H,3,6H2;5-7H,1-4H2;2*1H;;/q;;;;;;;;;;+2/p-2/t17-;;;;;;5-;;;;/m0.....0..../s1. The van der Waals surface area contributed by atoms with Gasteiger partial charge in [0, 0.05) is 98.9 Å². The van der Waals surface area contributed by atoms with Crippen molar-refractivity contribution in [3.05, 3.63) is 240 Å². The Morgan fingerprint density at radius 1 is 0.575 bits per heavy atom. The predicted molar refractivity (Wildman–Crippen MR) is 476 cm³/mol. The summed E-state index contributed by atoms with van der Waals surface area (Å²) in [5.41, 5.74) is 16.2. The van der Waals surface area contributed by atoms with Gasteiger partial charge in [0.05, 0.1) is 131 Å². The number of dihydropyridines is 3. The molecule has 1 radical (unpaired) electrons. The molecular weight excluding hydrogens is 1920 g/mol. The van der Waals surface area contributed by atoms with E-state index in [0.29, 0.717) is 138 Å². The van der Waals surface area contributed by atoms with Crippen LogP contribution in [0.3, 0.4) is 0 Å². The van der Waals surface area contributed by atoms with Gasteiger partial charge in [-0.05, 0) is 184 Å². The molecule has 13 rings (SSSR count). The van der Waals surface area contributed by atoms with E-state index >= 15 is 0 Å². The van der Waals surface area contributed by atoms with Crippen molar-refractivity contribution in [2.45, 2.75) is 129 Å². The van der Waals surface area contributed by atoms with Gasteiger partial charge in [-0.1, -0.05) is 83.2 Å². The Bertz CT molecular complexity index is 4720. The zero-order chi connectivity index (χ0) is 86.1. The molecule has 5 aliphatic rings. The van der Waals surface area contributed by atoms with Gasteiger partial charge in [0.15, 0.2) is 0 Å². The fraction of sp³-hybridized carbons (Fsp3) is 0.349. The normalized spacial score (nSPS) is 14.6. The van der Waals surface area contributed by atoms with E-state index in [4.69, 9.17) is 81.2 Å². The van der Waals surface area contributed by atoms with E-state index in [1.807, 2.05) is 77.7 Å². The Hall–Kier alpha value is -8.23. The van der Waals surface area contributed by atoms with E-state index < -0.39 is 0 Å². The van der Waals surface area contributed by atoms with Crippen LogP contribution in [0.1, 0.15) is 120 Å². The number of ether oxygens (including phenoxy) is 4. The Labute approximate surface area is 760 Å². The number of carbonyl (C=O) groups is 5. The van der Waals surface area contributed by atoms with Gasteiger partial charge in [-0.15, -0.1) is 0 Å². The molecule has 5 amide bonds. The summed E-state index contributed by atoms with van der Waals surface area (Å²) in [6.45, 7) is 5.25. The number of aliphatic hydroxyl groups excluding tert-OH is 2. The third-order valence-corrected chi connectivity index (χ3v) is 19.0. The summed E-state index contributed by atoms with van der Waals surface area (Å²) in [4.78, 5) is 110. The molecular formula is C83H97Cl4I2N17O12V2. The zero-order valence-corrected chi connectivity index (χ0v) is 77.3. The minimum atomic E-state index is -0.300.